The minimum absolute atomic E-state index is 0.0530. The summed E-state index contributed by atoms with van der Waals surface area (Å²) in [6.45, 7) is 5.89. The van der Waals surface area contributed by atoms with Gasteiger partial charge in [0.1, 0.15) is 6.04 Å². The van der Waals surface area contributed by atoms with Crippen molar-refractivity contribution in [2.75, 3.05) is 25.9 Å². The fourth-order valence-electron chi connectivity index (χ4n) is 3.01. The van der Waals surface area contributed by atoms with Crippen molar-refractivity contribution in [1.82, 2.24) is 15.1 Å². The van der Waals surface area contributed by atoms with Crippen LogP contribution >= 0.6 is 11.8 Å². The van der Waals surface area contributed by atoms with Crippen molar-refractivity contribution in [3.8, 4) is 0 Å². The van der Waals surface area contributed by atoms with Gasteiger partial charge in [-0.3, -0.25) is 4.90 Å². The summed E-state index contributed by atoms with van der Waals surface area (Å²) in [7, 11) is 1.80. The van der Waals surface area contributed by atoms with Crippen LogP contribution in [0.3, 0.4) is 0 Å². The summed E-state index contributed by atoms with van der Waals surface area (Å²) < 4.78 is 0. The number of aliphatic carboxylic acids is 1. The van der Waals surface area contributed by atoms with Gasteiger partial charge in [-0.05, 0) is 31.8 Å². The summed E-state index contributed by atoms with van der Waals surface area (Å²) in [5, 5.41) is 12.6. The van der Waals surface area contributed by atoms with Crippen molar-refractivity contribution in [3.63, 3.8) is 0 Å². The molecule has 0 aliphatic carbocycles. The van der Waals surface area contributed by atoms with E-state index in [1.807, 2.05) is 13.8 Å². The van der Waals surface area contributed by atoms with Gasteiger partial charge in [-0.2, -0.15) is 0 Å². The lowest BCUT2D eigenvalue weighted by Gasteiger charge is -2.38. The molecule has 2 rings (SSSR count). The number of rotatable bonds is 3. The lowest BCUT2D eigenvalue weighted by Crippen LogP contribution is -2.55. The molecule has 2 unspecified atom stereocenters. The molecule has 2 aliphatic heterocycles. The van der Waals surface area contributed by atoms with E-state index < -0.39 is 12.0 Å². The maximum Gasteiger partial charge on any atom is 0.327 e. The van der Waals surface area contributed by atoms with Crippen molar-refractivity contribution in [1.29, 1.82) is 0 Å². The molecular formula is C14H25N3O3S. The lowest BCUT2D eigenvalue weighted by atomic mass is 10.1. The van der Waals surface area contributed by atoms with Crippen LogP contribution in [0.4, 0.5) is 4.79 Å². The minimum Gasteiger partial charge on any atom is -0.480 e. The Morgan fingerprint density at radius 3 is 2.48 bits per heavy atom. The van der Waals surface area contributed by atoms with Crippen LogP contribution in [0.15, 0.2) is 0 Å². The van der Waals surface area contributed by atoms with Crippen LogP contribution in [0.1, 0.15) is 26.7 Å². The van der Waals surface area contributed by atoms with Gasteiger partial charge >= 0.3 is 12.0 Å². The van der Waals surface area contributed by atoms with E-state index in [1.165, 1.54) is 0 Å². The highest BCUT2D eigenvalue weighted by Gasteiger charge is 2.44. The van der Waals surface area contributed by atoms with Gasteiger partial charge in [0, 0.05) is 18.8 Å². The fraction of sp³-hybridized carbons (Fsp3) is 0.857. The molecule has 120 valence electrons. The third-order valence-corrected chi connectivity index (χ3v) is 5.89. The molecule has 0 spiro atoms. The predicted octanol–water partition coefficient (Wildman–Crippen LogP) is 1.27. The first kappa shape index (κ1) is 16.4. The smallest absolute Gasteiger partial charge is 0.327 e. The highest BCUT2D eigenvalue weighted by atomic mass is 32.2. The molecule has 0 aromatic carbocycles. The molecule has 2 aliphatic rings. The lowest BCUT2D eigenvalue weighted by molar-refractivity contribution is -0.141. The van der Waals surface area contributed by atoms with Gasteiger partial charge in [-0.25, -0.2) is 9.59 Å². The van der Waals surface area contributed by atoms with Gasteiger partial charge in [-0.1, -0.05) is 13.8 Å². The Bertz CT molecular complexity index is 399. The Morgan fingerprint density at radius 1 is 1.33 bits per heavy atom. The standard InChI is InChI=1S/C14H25N3O3S/c1-9(2)12-17(11(8-21-12)13(18)19)14(20)16(3)10-4-6-15-7-5-10/h9-12,15H,4-8H2,1-3H3,(H,18,19). The number of urea groups is 1. The molecule has 0 bridgehead atoms. The van der Waals surface area contributed by atoms with E-state index in [4.69, 9.17) is 0 Å². The third-order valence-electron chi connectivity index (χ3n) is 4.27. The molecule has 2 N–H and O–H groups in total. The zero-order valence-corrected chi connectivity index (χ0v) is 13.7. The zero-order valence-electron chi connectivity index (χ0n) is 12.9. The number of carbonyl (C=O) groups is 2. The maximum atomic E-state index is 12.8. The summed E-state index contributed by atoms with van der Waals surface area (Å²) in [6.07, 6.45) is 1.85. The highest BCUT2D eigenvalue weighted by Crippen LogP contribution is 2.35. The summed E-state index contributed by atoms with van der Waals surface area (Å²) in [6, 6.07) is -0.649. The van der Waals surface area contributed by atoms with E-state index in [9.17, 15) is 14.7 Å². The van der Waals surface area contributed by atoms with E-state index in [2.05, 4.69) is 5.32 Å². The number of hydrogen-bond donors (Lipinski definition) is 2. The second-order valence-corrected chi connectivity index (χ2v) is 7.25. The highest BCUT2D eigenvalue weighted by molar-refractivity contribution is 8.00. The maximum absolute atomic E-state index is 12.8. The Kier molecular flexibility index (Phi) is 5.37. The summed E-state index contributed by atoms with van der Waals surface area (Å²) >= 11 is 1.57. The average Bonchev–Trinajstić information content (AvgIpc) is 2.91. The van der Waals surface area contributed by atoms with Crippen molar-refractivity contribution >= 4 is 23.8 Å². The van der Waals surface area contributed by atoms with Crippen LogP contribution in [0.2, 0.25) is 0 Å². The summed E-state index contributed by atoms with van der Waals surface area (Å²) in [4.78, 5) is 27.6. The van der Waals surface area contributed by atoms with Crippen molar-refractivity contribution in [2.24, 2.45) is 5.92 Å². The number of hydrogen-bond acceptors (Lipinski definition) is 4. The molecule has 2 heterocycles. The molecule has 2 atom stereocenters. The number of carboxylic acids is 1. The second kappa shape index (κ2) is 6.87. The first-order valence-electron chi connectivity index (χ1n) is 7.53. The Labute approximate surface area is 130 Å². The second-order valence-electron chi connectivity index (χ2n) is 6.10. The minimum atomic E-state index is -0.905. The van der Waals surface area contributed by atoms with Gasteiger partial charge < -0.3 is 15.3 Å². The largest absolute Gasteiger partial charge is 0.480 e. The molecule has 2 amide bonds. The Balaban J connectivity index is 2.13. The quantitative estimate of drug-likeness (QED) is 0.821. The van der Waals surface area contributed by atoms with Crippen LogP contribution in [0.25, 0.3) is 0 Å². The number of nitrogens with zero attached hydrogens (tertiary/aromatic N) is 2. The molecule has 0 radical (unpaired) electrons. The van der Waals surface area contributed by atoms with Gasteiger partial charge in [0.05, 0.1) is 5.37 Å². The molecule has 0 saturated carbocycles. The molecule has 0 aromatic rings. The number of amides is 2. The number of nitrogens with one attached hydrogen (secondary N) is 1. The fourth-order valence-corrected chi connectivity index (χ4v) is 4.47. The van der Waals surface area contributed by atoms with Crippen LogP contribution in [-0.4, -0.2) is 70.3 Å². The van der Waals surface area contributed by atoms with Crippen LogP contribution in [0.5, 0.6) is 0 Å². The normalized spacial score (nSPS) is 27.1. The third kappa shape index (κ3) is 3.45. The van der Waals surface area contributed by atoms with Gasteiger partial charge in [-0.15, -0.1) is 11.8 Å². The summed E-state index contributed by atoms with van der Waals surface area (Å²) in [5.74, 6) is -0.188. The van der Waals surface area contributed by atoms with Gasteiger partial charge in [0.15, 0.2) is 0 Å². The molecule has 2 saturated heterocycles. The van der Waals surface area contributed by atoms with Gasteiger partial charge in [0.2, 0.25) is 0 Å². The number of carbonyl (C=O) groups excluding carboxylic acids is 1. The number of piperidine rings is 1. The average molecular weight is 315 g/mol. The monoisotopic (exact) mass is 315 g/mol. The van der Waals surface area contributed by atoms with Crippen molar-refractivity contribution in [3.05, 3.63) is 0 Å². The topological polar surface area (TPSA) is 72.9 Å². The first-order chi connectivity index (χ1) is 9.93. The van der Waals surface area contributed by atoms with E-state index in [0.29, 0.717) is 5.75 Å². The van der Waals surface area contributed by atoms with Gasteiger partial charge in [0.25, 0.3) is 0 Å². The van der Waals surface area contributed by atoms with E-state index in [-0.39, 0.29) is 23.4 Å². The molecule has 0 aromatic heterocycles. The Hall–Kier alpha value is -0.950. The van der Waals surface area contributed by atoms with Crippen LogP contribution in [-0.2, 0) is 4.79 Å². The SMILES string of the molecule is CC(C)C1SCC(C(=O)O)N1C(=O)N(C)C1CCNCC1. The van der Waals surface area contributed by atoms with Crippen LogP contribution < -0.4 is 5.32 Å². The van der Waals surface area contributed by atoms with Crippen molar-refractivity contribution < 1.29 is 14.7 Å². The molecule has 2 fully saturated rings. The van der Waals surface area contributed by atoms with Crippen molar-refractivity contribution in [2.45, 2.75) is 44.1 Å². The molecule has 21 heavy (non-hydrogen) atoms. The Morgan fingerprint density at radius 2 is 1.95 bits per heavy atom. The summed E-state index contributed by atoms with van der Waals surface area (Å²) in [5.41, 5.74) is 0. The molecule has 6 nitrogen and oxygen atoms in total. The van der Waals surface area contributed by atoms with E-state index >= 15 is 0 Å². The van der Waals surface area contributed by atoms with E-state index in [1.54, 1.807) is 28.6 Å². The zero-order chi connectivity index (χ0) is 15.6. The molecular weight excluding hydrogens is 290 g/mol. The molecule has 7 heteroatoms. The number of carboxylic acid groups (broad SMARTS) is 1. The first-order valence-corrected chi connectivity index (χ1v) is 8.58. The van der Waals surface area contributed by atoms with E-state index in [0.717, 1.165) is 25.9 Å². The van der Waals surface area contributed by atoms with Crippen LogP contribution in [0, 0.1) is 5.92 Å². The predicted molar refractivity (Wildman–Crippen MR) is 83.4 cm³/mol. The number of thioether (sulfide) groups is 1.